The minimum absolute atomic E-state index is 0.00919. The van der Waals surface area contributed by atoms with Crippen molar-refractivity contribution in [2.75, 3.05) is 26.8 Å². The molecule has 0 aliphatic carbocycles. The Labute approximate surface area is 182 Å². The Bertz CT molecular complexity index is 997. The molecule has 0 unspecified atom stereocenters. The number of nitrogens with one attached hydrogen (secondary N) is 1. The molecule has 2 aromatic rings. The van der Waals surface area contributed by atoms with E-state index in [0.29, 0.717) is 12.3 Å². The van der Waals surface area contributed by atoms with Crippen molar-refractivity contribution in [2.24, 2.45) is 0 Å². The zero-order chi connectivity index (χ0) is 22.0. The average Bonchev–Trinajstić information content (AvgIpc) is 3.12. The van der Waals surface area contributed by atoms with Gasteiger partial charge in [0.05, 0.1) is 30.8 Å². The zero-order valence-electron chi connectivity index (χ0n) is 17.3. The molecule has 4 atom stereocenters. The van der Waals surface area contributed by atoms with E-state index >= 15 is 0 Å². The van der Waals surface area contributed by atoms with Crippen molar-refractivity contribution in [3.63, 3.8) is 0 Å². The summed E-state index contributed by atoms with van der Waals surface area (Å²) in [5.41, 5.74) is 2.47. The molecule has 0 saturated carbocycles. The summed E-state index contributed by atoms with van der Waals surface area (Å²) in [6.07, 6.45) is -1.41. The number of aliphatic hydroxyl groups excluding tert-OH is 2. The van der Waals surface area contributed by atoms with Gasteiger partial charge >= 0.3 is 0 Å². The van der Waals surface area contributed by atoms with E-state index in [0.717, 1.165) is 13.0 Å². The van der Waals surface area contributed by atoms with Gasteiger partial charge in [-0.3, -0.25) is 4.90 Å². The molecule has 8 nitrogen and oxygen atoms in total. The fraction of sp³-hybridized carbons (Fsp3) is 0.455. The van der Waals surface area contributed by atoms with Crippen LogP contribution in [0.2, 0.25) is 0 Å². The van der Waals surface area contributed by atoms with E-state index in [1.54, 1.807) is 12.1 Å². The van der Waals surface area contributed by atoms with Crippen molar-refractivity contribution in [2.45, 2.75) is 42.2 Å². The topological polar surface area (TPSA) is 108 Å². The molecule has 1 saturated heterocycles. The second-order valence-corrected chi connectivity index (χ2v) is 9.66. The quantitative estimate of drug-likeness (QED) is 0.567. The van der Waals surface area contributed by atoms with Crippen LogP contribution in [-0.4, -0.2) is 74.7 Å². The zero-order valence-corrected chi connectivity index (χ0v) is 18.2. The fourth-order valence-corrected chi connectivity index (χ4v) is 5.44. The summed E-state index contributed by atoms with van der Waals surface area (Å²) in [5.74, 6) is 0.567. The van der Waals surface area contributed by atoms with E-state index in [1.165, 1.54) is 30.4 Å². The molecular weight excluding hydrogens is 420 g/mol. The Hall–Kier alpha value is -2.01. The van der Waals surface area contributed by atoms with Gasteiger partial charge in [0, 0.05) is 19.6 Å². The van der Waals surface area contributed by atoms with Gasteiger partial charge in [-0.15, -0.1) is 0 Å². The molecule has 0 radical (unpaired) electrons. The summed E-state index contributed by atoms with van der Waals surface area (Å²) in [6.45, 7) is 1.03. The van der Waals surface area contributed by atoms with E-state index < -0.39 is 34.4 Å². The molecule has 3 N–H and O–H groups in total. The number of ether oxygens (including phenoxy) is 2. The number of nitrogens with zero attached hydrogens (tertiary/aromatic N) is 1. The molecule has 2 aliphatic heterocycles. The lowest BCUT2D eigenvalue weighted by molar-refractivity contribution is -0.0201. The van der Waals surface area contributed by atoms with Crippen LogP contribution in [0.25, 0.3) is 0 Å². The number of sulfonamides is 1. The summed E-state index contributed by atoms with van der Waals surface area (Å²) in [6, 6.07) is 13.9. The first-order chi connectivity index (χ1) is 14.9. The third-order valence-electron chi connectivity index (χ3n) is 6.07. The minimum atomic E-state index is -3.77. The molecule has 0 bridgehead atoms. The number of benzene rings is 2. The standard InChI is InChI=1S/C22H28N2O6S/c1-29-17-6-8-18(9-7-17)31(27,28)23-12-19-21(22(26)20(14-25)30-19)24-11-10-15-4-2-3-5-16(15)13-24/h2-9,19-23,25-26H,10-14H2,1H3/t19-,20-,21-,22+/m0/s1. The lowest BCUT2D eigenvalue weighted by atomic mass is 9.95. The molecule has 0 aromatic heterocycles. The predicted molar refractivity (Wildman–Crippen MR) is 114 cm³/mol. The van der Waals surface area contributed by atoms with E-state index in [4.69, 9.17) is 9.47 Å². The first kappa shape index (κ1) is 22.2. The van der Waals surface area contributed by atoms with Crippen LogP contribution in [-0.2, 0) is 27.7 Å². The van der Waals surface area contributed by atoms with Crippen LogP contribution in [0.5, 0.6) is 5.75 Å². The van der Waals surface area contributed by atoms with Gasteiger partial charge in [0.25, 0.3) is 0 Å². The average molecular weight is 449 g/mol. The third-order valence-corrected chi connectivity index (χ3v) is 7.51. The Morgan fingerprint density at radius 2 is 1.84 bits per heavy atom. The Morgan fingerprint density at radius 1 is 1.13 bits per heavy atom. The predicted octanol–water partition coefficient (Wildman–Crippen LogP) is 0.521. The van der Waals surface area contributed by atoms with Crippen LogP contribution in [0.4, 0.5) is 0 Å². The van der Waals surface area contributed by atoms with E-state index in [2.05, 4.69) is 21.8 Å². The molecule has 4 rings (SSSR count). The van der Waals surface area contributed by atoms with Gasteiger partial charge in [0.1, 0.15) is 18.0 Å². The molecule has 0 spiro atoms. The van der Waals surface area contributed by atoms with Crippen LogP contribution >= 0.6 is 0 Å². The van der Waals surface area contributed by atoms with Gasteiger partial charge in [-0.2, -0.15) is 0 Å². The van der Waals surface area contributed by atoms with Crippen molar-refractivity contribution in [1.29, 1.82) is 0 Å². The lowest BCUT2D eigenvalue weighted by Crippen LogP contribution is -2.52. The summed E-state index contributed by atoms with van der Waals surface area (Å²) in [5, 5.41) is 20.4. The highest BCUT2D eigenvalue weighted by atomic mass is 32.2. The van der Waals surface area contributed by atoms with E-state index in [1.807, 2.05) is 12.1 Å². The molecule has 2 heterocycles. The fourth-order valence-electron chi connectivity index (χ4n) is 4.40. The molecule has 1 fully saturated rings. The van der Waals surface area contributed by atoms with Gasteiger partial charge in [0.2, 0.25) is 10.0 Å². The maximum absolute atomic E-state index is 12.7. The number of methoxy groups -OCH3 is 1. The Balaban J connectivity index is 1.49. The van der Waals surface area contributed by atoms with Gasteiger partial charge in [0.15, 0.2) is 0 Å². The molecule has 9 heteroatoms. The number of rotatable bonds is 7. The molecule has 0 amide bonds. The Kier molecular flexibility index (Phi) is 6.61. The van der Waals surface area contributed by atoms with Crippen molar-refractivity contribution >= 4 is 10.0 Å². The van der Waals surface area contributed by atoms with Crippen molar-refractivity contribution in [1.82, 2.24) is 9.62 Å². The van der Waals surface area contributed by atoms with Crippen LogP contribution < -0.4 is 9.46 Å². The minimum Gasteiger partial charge on any atom is -0.497 e. The summed E-state index contributed by atoms with van der Waals surface area (Å²) in [4.78, 5) is 2.24. The highest BCUT2D eigenvalue weighted by molar-refractivity contribution is 7.89. The number of fused-ring (bicyclic) bond motifs is 1. The molecule has 31 heavy (non-hydrogen) atoms. The Morgan fingerprint density at radius 3 is 2.52 bits per heavy atom. The molecule has 168 valence electrons. The summed E-state index contributed by atoms with van der Waals surface area (Å²) in [7, 11) is -2.25. The monoisotopic (exact) mass is 448 g/mol. The van der Waals surface area contributed by atoms with Gasteiger partial charge < -0.3 is 19.7 Å². The molecule has 2 aromatic carbocycles. The van der Waals surface area contributed by atoms with Crippen LogP contribution in [0.15, 0.2) is 53.4 Å². The largest absolute Gasteiger partial charge is 0.497 e. The van der Waals surface area contributed by atoms with Crippen LogP contribution in [0, 0.1) is 0 Å². The maximum Gasteiger partial charge on any atom is 0.240 e. The number of hydrogen-bond acceptors (Lipinski definition) is 7. The molecular formula is C22H28N2O6S. The maximum atomic E-state index is 12.7. The molecule has 2 aliphatic rings. The lowest BCUT2D eigenvalue weighted by Gasteiger charge is -2.37. The van der Waals surface area contributed by atoms with Crippen LogP contribution in [0.3, 0.4) is 0 Å². The number of aliphatic hydroxyl groups is 2. The highest BCUT2D eigenvalue weighted by Gasteiger charge is 2.47. The summed E-state index contributed by atoms with van der Waals surface area (Å²) >= 11 is 0. The SMILES string of the molecule is COc1ccc(S(=O)(=O)NC[C@@H]2O[C@@H](CO)[C@@H](O)[C@H]2N2CCc3ccccc3C2)cc1. The van der Waals surface area contributed by atoms with Gasteiger partial charge in [-0.05, 0) is 41.8 Å². The van der Waals surface area contributed by atoms with Crippen LogP contribution in [0.1, 0.15) is 11.1 Å². The smallest absolute Gasteiger partial charge is 0.240 e. The van der Waals surface area contributed by atoms with E-state index in [-0.39, 0.29) is 18.0 Å². The normalized spacial score (nSPS) is 26.5. The highest BCUT2D eigenvalue weighted by Crippen LogP contribution is 2.30. The van der Waals surface area contributed by atoms with E-state index in [9.17, 15) is 18.6 Å². The summed E-state index contributed by atoms with van der Waals surface area (Å²) < 4.78 is 39.0. The van der Waals surface area contributed by atoms with Crippen molar-refractivity contribution in [3.8, 4) is 5.75 Å². The first-order valence-electron chi connectivity index (χ1n) is 10.3. The third kappa shape index (κ3) is 4.62. The van der Waals surface area contributed by atoms with Crippen molar-refractivity contribution in [3.05, 3.63) is 59.7 Å². The first-order valence-corrected chi connectivity index (χ1v) is 11.8. The second kappa shape index (κ2) is 9.23. The van der Waals surface area contributed by atoms with Gasteiger partial charge in [-0.25, -0.2) is 13.1 Å². The van der Waals surface area contributed by atoms with Crippen molar-refractivity contribution < 1.29 is 28.1 Å². The number of hydrogen-bond donors (Lipinski definition) is 3. The van der Waals surface area contributed by atoms with Gasteiger partial charge in [-0.1, -0.05) is 24.3 Å². The second-order valence-electron chi connectivity index (χ2n) is 7.89.